The Kier molecular flexibility index (Phi) is 5.18. The number of carbonyl (C=O) groups is 1. The minimum atomic E-state index is -0.504. The van der Waals surface area contributed by atoms with Gasteiger partial charge in [0.05, 0.1) is 11.1 Å². The van der Waals surface area contributed by atoms with Crippen molar-refractivity contribution in [1.29, 1.82) is 0 Å². The summed E-state index contributed by atoms with van der Waals surface area (Å²) in [5, 5.41) is 14.7. The highest BCUT2D eigenvalue weighted by Gasteiger charge is 2.33. The van der Waals surface area contributed by atoms with E-state index in [0.29, 0.717) is 11.5 Å². The van der Waals surface area contributed by atoms with E-state index >= 15 is 0 Å². The van der Waals surface area contributed by atoms with Crippen molar-refractivity contribution in [3.63, 3.8) is 0 Å². The van der Waals surface area contributed by atoms with Gasteiger partial charge in [-0.15, -0.1) is 0 Å². The lowest BCUT2D eigenvalue weighted by molar-refractivity contribution is -0.384. The number of hydrogen-bond acceptors (Lipinski definition) is 5. The molecule has 0 aromatic heterocycles. The standard InChI is InChI=1S/C21H24N4O3/c1-14-12-21(2,3)24(4)19-10-5-15(11-18(14)19)13-22-23-20(26)16-6-8-17(9-7-16)25(27)28/h5-11,13-14H,12H2,1-4H3,(H,23,26)/b22-13-/t14-/m1/s1. The van der Waals surface area contributed by atoms with Gasteiger partial charge >= 0.3 is 0 Å². The van der Waals surface area contributed by atoms with E-state index < -0.39 is 10.8 Å². The Labute approximate surface area is 164 Å². The number of amides is 1. The van der Waals surface area contributed by atoms with Crippen LogP contribution in [0.3, 0.4) is 0 Å². The second-order valence-electron chi connectivity index (χ2n) is 7.80. The average molecular weight is 380 g/mol. The van der Waals surface area contributed by atoms with Crippen molar-refractivity contribution in [1.82, 2.24) is 5.43 Å². The third kappa shape index (κ3) is 3.88. The minimum absolute atomic E-state index is 0.0589. The molecular weight excluding hydrogens is 356 g/mol. The molecule has 0 unspecified atom stereocenters. The summed E-state index contributed by atoms with van der Waals surface area (Å²) in [4.78, 5) is 24.6. The zero-order valence-electron chi connectivity index (χ0n) is 16.5. The number of non-ortho nitro benzene ring substituents is 1. The van der Waals surface area contributed by atoms with E-state index in [0.717, 1.165) is 12.0 Å². The fourth-order valence-corrected chi connectivity index (χ4v) is 3.64. The predicted octanol–water partition coefficient (Wildman–Crippen LogP) is 4.08. The van der Waals surface area contributed by atoms with Gasteiger partial charge in [-0.2, -0.15) is 5.10 Å². The van der Waals surface area contributed by atoms with E-state index in [-0.39, 0.29) is 11.2 Å². The highest BCUT2D eigenvalue weighted by molar-refractivity contribution is 5.95. The molecule has 0 saturated heterocycles. The molecule has 3 rings (SSSR count). The number of nitrogens with zero attached hydrogens (tertiary/aromatic N) is 3. The number of nitro groups is 1. The highest BCUT2D eigenvalue weighted by Crippen LogP contribution is 2.42. The first kappa shape index (κ1) is 19.5. The van der Waals surface area contributed by atoms with E-state index in [9.17, 15) is 14.9 Å². The van der Waals surface area contributed by atoms with Crippen LogP contribution >= 0.6 is 0 Å². The monoisotopic (exact) mass is 380 g/mol. The fourth-order valence-electron chi connectivity index (χ4n) is 3.64. The summed E-state index contributed by atoms with van der Waals surface area (Å²) in [5.41, 5.74) is 6.22. The normalized spacial score (nSPS) is 18.0. The van der Waals surface area contributed by atoms with Crippen molar-refractivity contribution in [2.75, 3.05) is 11.9 Å². The van der Waals surface area contributed by atoms with E-state index in [2.05, 4.69) is 55.4 Å². The maximum Gasteiger partial charge on any atom is 0.271 e. The highest BCUT2D eigenvalue weighted by atomic mass is 16.6. The molecule has 2 aromatic carbocycles. The molecule has 1 heterocycles. The molecule has 0 spiro atoms. The lowest BCUT2D eigenvalue weighted by atomic mass is 9.80. The maximum absolute atomic E-state index is 12.1. The van der Waals surface area contributed by atoms with Gasteiger partial charge < -0.3 is 4.90 Å². The number of nitro benzene ring substituents is 1. The number of carbonyl (C=O) groups excluding carboxylic acids is 1. The van der Waals surface area contributed by atoms with Crippen molar-refractivity contribution in [2.24, 2.45) is 5.10 Å². The number of benzene rings is 2. The smallest absolute Gasteiger partial charge is 0.271 e. The van der Waals surface area contributed by atoms with Gasteiger partial charge in [-0.3, -0.25) is 14.9 Å². The van der Waals surface area contributed by atoms with Gasteiger partial charge in [-0.1, -0.05) is 13.0 Å². The van der Waals surface area contributed by atoms with Crippen LogP contribution in [0.15, 0.2) is 47.6 Å². The number of anilines is 1. The van der Waals surface area contributed by atoms with Crippen LogP contribution in [-0.4, -0.2) is 29.6 Å². The molecule has 7 heteroatoms. The van der Waals surface area contributed by atoms with Gasteiger partial charge in [0, 0.05) is 36.0 Å². The third-order valence-electron chi connectivity index (χ3n) is 5.38. The van der Waals surface area contributed by atoms with Crippen LogP contribution in [0, 0.1) is 10.1 Å². The van der Waals surface area contributed by atoms with Gasteiger partial charge in [0.15, 0.2) is 0 Å². The van der Waals surface area contributed by atoms with Crippen LogP contribution < -0.4 is 10.3 Å². The van der Waals surface area contributed by atoms with Gasteiger partial charge in [-0.05, 0) is 61.6 Å². The molecule has 0 saturated carbocycles. The van der Waals surface area contributed by atoms with Crippen LogP contribution in [0.2, 0.25) is 0 Å². The first-order valence-corrected chi connectivity index (χ1v) is 9.15. The quantitative estimate of drug-likeness (QED) is 0.492. The second kappa shape index (κ2) is 7.42. The molecule has 146 valence electrons. The zero-order chi connectivity index (χ0) is 20.5. The summed E-state index contributed by atoms with van der Waals surface area (Å²) in [6.07, 6.45) is 2.67. The molecule has 0 bridgehead atoms. The third-order valence-corrected chi connectivity index (χ3v) is 5.38. The van der Waals surface area contributed by atoms with Gasteiger partial charge in [-0.25, -0.2) is 5.43 Å². The Balaban J connectivity index is 1.70. The van der Waals surface area contributed by atoms with Crippen LogP contribution in [0.4, 0.5) is 11.4 Å². The van der Waals surface area contributed by atoms with E-state index in [4.69, 9.17) is 0 Å². The zero-order valence-corrected chi connectivity index (χ0v) is 16.5. The number of nitrogens with one attached hydrogen (secondary N) is 1. The summed E-state index contributed by atoms with van der Waals surface area (Å²) in [5.74, 6) is 0.0169. The Morgan fingerprint density at radius 1 is 1.29 bits per heavy atom. The molecule has 7 nitrogen and oxygen atoms in total. The van der Waals surface area contributed by atoms with E-state index in [1.54, 1.807) is 6.21 Å². The summed E-state index contributed by atoms with van der Waals surface area (Å²) in [7, 11) is 2.11. The molecule has 1 atom stereocenters. The fraction of sp³-hybridized carbons (Fsp3) is 0.333. The molecule has 0 radical (unpaired) electrons. The second-order valence-corrected chi connectivity index (χ2v) is 7.80. The van der Waals surface area contributed by atoms with Crippen LogP contribution in [-0.2, 0) is 0 Å². The molecule has 0 aliphatic carbocycles. The number of fused-ring (bicyclic) bond motifs is 1. The van der Waals surface area contributed by atoms with E-state index in [1.807, 2.05) is 6.07 Å². The number of rotatable bonds is 4. The Hall–Kier alpha value is -3.22. The molecule has 0 fully saturated rings. The first-order chi connectivity index (χ1) is 13.2. The number of hydrogen-bond donors (Lipinski definition) is 1. The Morgan fingerprint density at radius 2 is 1.96 bits per heavy atom. The molecule has 1 N–H and O–H groups in total. The van der Waals surface area contributed by atoms with Crippen LogP contribution in [0.1, 0.15) is 54.6 Å². The molecule has 1 amide bonds. The van der Waals surface area contributed by atoms with Crippen molar-refractivity contribution in [3.8, 4) is 0 Å². The lowest BCUT2D eigenvalue weighted by Crippen LogP contribution is -2.45. The minimum Gasteiger partial charge on any atom is -0.369 e. The first-order valence-electron chi connectivity index (χ1n) is 9.15. The SMILES string of the molecule is C[C@@H]1CC(C)(C)N(C)c2ccc(/C=N\NC(=O)c3ccc([N+](=O)[O-])cc3)cc21. The Morgan fingerprint density at radius 3 is 2.61 bits per heavy atom. The molecule has 1 aliphatic rings. The van der Waals surface area contributed by atoms with Gasteiger partial charge in [0.25, 0.3) is 11.6 Å². The summed E-state index contributed by atoms with van der Waals surface area (Å²) in [6.45, 7) is 6.72. The summed E-state index contributed by atoms with van der Waals surface area (Å²) < 4.78 is 0. The van der Waals surface area contributed by atoms with Gasteiger partial charge in [0.1, 0.15) is 0 Å². The van der Waals surface area contributed by atoms with Crippen LogP contribution in [0.5, 0.6) is 0 Å². The van der Waals surface area contributed by atoms with Gasteiger partial charge in [0.2, 0.25) is 0 Å². The molecule has 2 aromatic rings. The maximum atomic E-state index is 12.1. The summed E-state index contributed by atoms with van der Waals surface area (Å²) in [6, 6.07) is 11.6. The van der Waals surface area contributed by atoms with Crippen molar-refractivity contribution in [3.05, 3.63) is 69.3 Å². The Bertz CT molecular complexity index is 935. The largest absolute Gasteiger partial charge is 0.369 e. The molecule has 28 heavy (non-hydrogen) atoms. The van der Waals surface area contributed by atoms with Crippen molar-refractivity contribution < 1.29 is 9.72 Å². The lowest BCUT2D eigenvalue weighted by Gasteiger charge is -2.45. The van der Waals surface area contributed by atoms with Crippen LogP contribution in [0.25, 0.3) is 0 Å². The van der Waals surface area contributed by atoms with E-state index in [1.165, 1.54) is 35.5 Å². The predicted molar refractivity (Wildman–Crippen MR) is 110 cm³/mol. The van der Waals surface area contributed by atoms with Crippen molar-refractivity contribution in [2.45, 2.75) is 38.6 Å². The average Bonchev–Trinajstić information content (AvgIpc) is 2.66. The molecular formula is C21H24N4O3. The topological polar surface area (TPSA) is 87.8 Å². The van der Waals surface area contributed by atoms with Crippen molar-refractivity contribution >= 4 is 23.5 Å². The number of hydrazone groups is 1. The summed E-state index contributed by atoms with van der Waals surface area (Å²) >= 11 is 0. The molecule has 1 aliphatic heterocycles.